The molecule has 4 aliphatic rings. The van der Waals surface area contributed by atoms with E-state index in [-0.39, 0.29) is 17.5 Å². The number of nitrogens with one attached hydrogen (secondary N) is 1. The van der Waals surface area contributed by atoms with Crippen LogP contribution in [0.2, 0.25) is 0 Å². The maximum absolute atomic E-state index is 12.9. The average Bonchev–Trinajstić information content (AvgIpc) is 2.82. The van der Waals surface area contributed by atoms with Crippen molar-refractivity contribution in [2.24, 2.45) is 11.8 Å². The monoisotopic (exact) mass is 326 g/mol. The van der Waals surface area contributed by atoms with Gasteiger partial charge in [-0.25, -0.2) is 10.4 Å². The van der Waals surface area contributed by atoms with Gasteiger partial charge in [-0.1, -0.05) is 6.07 Å². The maximum atomic E-state index is 12.9. The third-order valence-electron chi connectivity index (χ3n) is 5.59. The predicted molar refractivity (Wildman–Crippen MR) is 76.3 cm³/mol. The fourth-order valence-corrected chi connectivity index (χ4v) is 4.41. The van der Waals surface area contributed by atoms with E-state index >= 15 is 0 Å². The van der Waals surface area contributed by atoms with Crippen LogP contribution in [0.3, 0.4) is 0 Å². The van der Waals surface area contributed by atoms with Crippen molar-refractivity contribution in [1.82, 2.24) is 5.43 Å². The Balaban J connectivity index is 1.71. The largest absolute Gasteiger partial charge is 0.416 e. The van der Waals surface area contributed by atoms with Crippen LogP contribution in [0.25, 0.3) is 0 Å². The van der Waals surface area contributed by atoms with Gasteiger partial charge in [0.25, 0.3) is 5.91 Å². The Hall–Kier alpha value is -1.60. The molecule has 1 amide bonds. The fourth-order valence-electron chi connectivity index (χ4n) is 4.41. The van der Waals surface area contributed by atoms with E-state index in [9.17, 15) is 23.1 Å². The van der Waals surface area contributed by atoms with Gasteiger partial charge in [-0.2, -0.15) is 13.2 Å². The first-order valence-corrected chi connectivity index (χ1v) is 7.82. The lowest BCUT2D eigenvalue weighted by Crippen LogP contribution is -2.61. The molecule has 2 bridgehead atoms. The average molecular weight is 326 g/mol. The Kier molecular flexibility index (Phi) is 3.06. The number of carbonyl (C=O) groups is 1. The quantitative estimate of drug-likeness (QED) is 0.834. The number of aliphatic hydroxyl groups is 1. The Morgan fingerprint density at radius 2 is 1.91 bits per heavy atom. The number of alkyl halides is 3. The highest BCUT2D eigenvalue weighted by molar-refractivity contribution is 6.02. The molecule has 5 rings (SSSR count). The summed E-state index contributed by atoms with van der Waals surface area (Å²) in [4.78, 5) is 12.7. The second kappa shape index (κ2) is 4.70. The number of benzene rings is 1. The van der Waals surface area contributed by atoms with Crippen molar-refractivity contribution >= 4 is 11.6 Å². The zero-order chi connectivity index (χ0) is 16.4. The Morgan fingerprint density at radius 1 is 1.22 bits per heavy atom. The molecule has 7 heteroatoms. The summed E-state index contributed by atoms with van der Waals surface area (Å²) in [6, 6.07) is 4.22. The highest BCUT2D eigenvalue weighted by Crippen LogP contribution is 2.51. The standard InChI is InChI=1S/C16H17F3N2O2/c17-16(18,19)11-2-1-3-12(8-11)21-14(22)15(23)10-6-4-9(5-7-10)13(15)20-21/h1-3,8-10,13,20,23H,4-7H2/t9-,10+,13-,15-/m1/s1. The molecule has 1 aromatic carbocycles. The van der Waals surface area contributed by atoms with Crippen LogP contribution in [0, 0.1) is 11.8 Å². The van der Waals surface area contributed by atoms with Crippen molar-refractivity contribution in [3.63, 3.8) is 0 Å². The van der Waals surface area contributed by atoms with Crippen LogP contribution in [0.4, 0.5) is 18.9 Å². The molecular weight excluding hydrogens is 309 g/mol. The van der Waals surface area contributed by atoms with Gasteiger partial charge in [-0.05, 0) is 55.7 Å². The molecular formula is C16H17F3N2O2. The first kappa shape index (κ1) is 15.0. The number of carbonyl (C=O) groups excluding carboxylic acids is 1. The summed E-state index contributed by atoms with van der Waals surface area (Å²) in [6.07, 6.45) is -1.01. The van der Waals surface area contributed by atoms with E-state index in [1.165, 1.54) is 12.1 Å². The van der Waals surface area contributed by atoms with Crippen molar-refractivity contribution < 1.29 is 23.1 Å². The van der Waals surface area contributed by atoms with Gasteiger partial charge in [0, 0.05) is 0 Å². The van der Waals surface area contributed by atoms with Crippen LogP contribution in [0.1, 0.15) is 31.2 Å². The van der Waals surface area contributed by atoms with Crippen LogP contribution >= 0.6 is 0 Å². The number of fused-ring (bicyclic) bond motifs is 2. The summed E-state index contributed by atoms with van der Waals surface area (Å²) < 4.78 is 38.7. The molecule has 0 spiro atoms. The van der Waals surface area contributed by atoms with Crippen LogP contribution in [-0.4, -0.2) is 22.7 Å². The first-order valence-electron chi connectivity index (χ1n) is 7.82. The van der Waals surface area contributed by atoms with E-state index in [2.05, 4.69) is 5.43 Å². The summed E-state index contributed by atoms with van der Waals surface area (Å²) in [5.74, 6) is -0.464. The normalized spacial score (nSPS) is 36.4. The molecule has 1 aliphatic heterocycles. The van der Waals surface area contributed by atoms with E-state index in [1.807, 2.05) is 0 Å². The summed E-state index contributed by atoms with van der Waals surface area (Å²) in [6.45, 7) is 0. The zero-order valence-electron chi connectivity index (χ0n) is 12.3. The predicted octanol–water partition coefficient (Wildman–Crippen LogP) is 2.48. The minimum atomic E-state index is -4.47. The van der Waals surface area contributed by atoms with Gasteiger partial charge in [0.2, 0.25) is 0 Å². The van der Waals surface area contributed by atoms with Crippen LogP contribution < -0.4 is 10.4 Å². The zero-order valence-corrected chi connectivity index (χ0v) is 12.3. The van der Waals surface area contributed by atoms with E-state index in [1.54, 1.807) is 0 Å². The van der Waals surface area contributed by atoms with E-state index in [0.29, 0.717) is 0 Å². The fraction of sp³-hybridized carbons (Fsp3) is 0.562. The van der Waals surface area contributed by atoms with Gasteiger partial charge in [-0.15, -0.1) is 0 Å². The van der Waals surface area contributed by atoms with Gasteiger partial charge < -0.3 is 5.11 Å². The minimum Gasteiger partial charge on any atom is -0.378 e. The highest BCUT2D eigenvalue weighted by atomic mass is 19.4. The topological polar surface area (TPSA) is 52.6 Å². The summed E-state index contributed by atoms with van der Waals surface area (Å²) in [5.41, 5.74) is 0.792. The van der Waals surface area contributed by atoms with Crippen molar-refractivity contribution in [3.8, 4) is 0 Å². The van der Waals surface area contributed by atoms with Crippen LogP contribution in [-0.2, 0) is 11.0 Å². The van der Waals surface area contributed by atoms with Gasteiger partial charge in [0.15, 0.2) is 5.60 Å². The Labute approximate surface area is 131 Å². The first-order chi connectivity index (χ1) is 10.8. The van der Waals surface area contributed by atoms with E-state index in [4.69, 9.17) is 0 Å². The number of anilines is 1. The van der Waals surface area contributed by atoms with Crippen LogP contribution in [0.5, 0.6) is 0 Å². The molecule has 3 saturated carbocycles. The minimum absolute atomic E-state index is 0.117. The number of nitrogens with zero attached hydrogens (tertiary/aromatic N) is 1. The third-order valence-corrected chi connectivity index (χ3v) is 5.59. The molecule has 0 aromatic heterocycles. The maximum Gasteiger partial charge on any atom is 0.416 e. The number of hydrogen-bond donors (Lipinski definition) is 2. The van der Waals surface area contributed by atoms with Gasteiger partial charge in [0.1, 0.15) is 0 Å². The van der Waals surface area contributed by atoms with Crippen molar-refractivity contribution in [3.05, 3.63) is 29.8 Å². The summed E-state index contributed by atoms with van der Waals surface area (Å²) >= 11 is 0. The van der Waals surface area contributed by atoms with Gasteiger partial charge >= 0.3 is 6.18 Å². The molecule has 124 valence electrons. The lowest BCUT2D eigenvalue weighted by atomic mass is 9.59. The lowest BCUT2D eigenvalue weighted by molar-refractivity contribution is -0.152. The molecule has 2 atom stereocenters. The molecule has 23 heavy (non-hydrogen) atoms. The van der Waals surface area contributed by atoms with Gasteiger partial charge in [0.05, 0.1) is 17.3 Å². The summed E-state index contributed by atoms with van der Waals surface area (Å²) in [7, 11) is 0. The molecule has 1 saturated heterocycles. The van der Waals surface area contributed by atoms with Crippen molar-refractivity contribution in [1.29, 1.82) is 0 Å². The molecule has 1 aromatic rings. The number of amides is 1. The van der Waals surface area contributed by atoms with E-state index in [0.717, 1.165) is 42.8 Å². The molecule has 4 fully saturated rings. The smallest absolute Gasteiger partial charge is 0.378 e. The Bertz CT molecular complexity index is 655. The Morgan fingerprint density at radius 3 is 2.52 bits per heavy atom. The summed E-state index contributed by atoms with van der Waals surface area (Å²) in [5, 5.41) is 12.1. The number of halogens is 3. The molecule has 4 nitrogen and oxygen atoms in total. The third kappa shape index (κ3) is 2.03. The highest BCUT2D eigenvalue weighted by Gasteiger charge is 2.64. The second-order valence-electron chi connectivity index (χ2n) is 6.73. The SMILES string of the molecule is O=C1N(c2cccc(C(F)(F)F)c2)N[C@@H]2[C@H]3CC[C@H](CC3)[C@]12O. The molecule has 2 N–H and O–H groups in total. The molecule has 3 aliphatic carbocycles. The molecule has 1 heterocycles. The lowest BCUT2D eigenvalue weighted by Gasteiger charge is -2.48. The van der Waals surface area contributed by atoms with Crippen LogP contribution in [0.15, 0.2) is 24.3 Å². The number of hydrogen-bond acceptors (Lipinski definition) is 3. The van der Waals surface area contributed by atoms with Crippen molar-refractivity contribution in [2.75, 3.05) is 5.01 Å². The van der Waals surface area contributed by atoms with Crippen molar-refractivity contribution in [2.45, 2.75) is 43.5 Å². The molecule has 0 unspecified atom stereocenters. The van der Waals surface area contributed by atoms with E-state index < -0.39 is 29.3 Å². The van der Waals surface area contributed by atoms with Gasteiger partial charge in [-0.3, -0.25) is 4.79 Å². The number of hydrazine groups is 1. The molecule has 0 radical (unpaired) electrons. The second-order valence-corrected chi connectivity index (χ2v) is 6.73. The number of rotatable bonds is 1.